The van der Waals surface area contributed by atoms with Crippen LogP contribution in [-0.4, -0.2) is 9.78 Å². The molecule has 2 rings (SSSR count). The Labute approximate surface area is 110 Å². The molecule has 0 radical (unpaired) electrons. The highest BCUT2D eigenvalue weighted by Crippen LogP contribution is 2.29. The molecule has 0 aliphatic rings. The van der Waals surface area contributed by atoms with E-state index in [2.05, 4.69) is 47.0 Å². The summed E-state index contributed by atoms with van der Waals surface area (Å²) in [5, 5.41) is 4.47. The highest BCUT2D eigenvalue weighted by Gasteiger charge is 2.17. The molecular weight excluding hydrogens is 278 g/mol. The minimum absolute atomic E-state index is 0.140. The number of aryl methyl sites for hydroxylation is 2. The minimum atomic E-state index is 0.140. The van der Waals surface area contributed by atoms with Crippen molar-refractivity contribution in [1.29, 1.82) is 0 Å². The van der Waals surface area contributed by atoms with Crippen LogP contribution in [0.25, 0.3) is 0 Å². The monoisotopic (exact) mass is 293 g/mol. The summed E-state index contributed by atoms with van der Waals surface area (Å²) >= 11 is 3.45. The van der Waals surface area contributed by atoms with Crippen LogP contribution in [0.2, 0.25) is 0 Å². The number of aromatic nitrogens is 2. The Bertz CT molecular complexity index is 546. The Hall–Kier alpha value is -1.29. The van der Waals surface area contributed by atoms with E-state index in [0.29, 0.717) is 5.82 Å². The number of nitrogens with zero attached hydrogens (tertiary/aromatic N) is 2. The number of nitrogen functional groups attached to an aromatic ring is 1. The van der Waals surface area contributed by atoms with E-state index in [0.717, 1.165) is 10.2 Å². The number of halogens is 1. The lowest BCUT2D eigenvalue weighted by Gasteiger charge is -2.16. The summed E-state index contributed by atoms with van der Waals surface area (Å²) in [6, 6.07) is 8.44. The van der Waals surface area contributed by atoms with Crippen molar-refractivity contribution in [2.45, 2.75) is 26.8 Å². The Morgan fingerprint density at radius 1 is 1.29 bits per heavy atom. The van der Waals surface area contributed by atoms with Gasteiger partial charge in [0, 0.05) is 0 Å². The molecule has 3 nitrogen and oxygen atoms in total. The van der Waals surface area contributed by atoms with Gasteiger partial charge in [0.2, 0.25) is 0 Å². The smallest absolute Gasteiger partial charge is 0.137 e. The van der Waals surface area contributed by atoms with Crippen molar-refractivity contribution >= 4 is 21.7 Å². The van der Waals surface area contributed by atoms with Gasteiger partial charge in [0.25, 0.3) is 0 Å². The van der Waals surface area contributed by atoms with Crippen LogP contribution in [0.5, 0.6) is 0 Å². The van der Waals surface area contributed by atoms with Crippen molar-refractivity contribution in [2.24, 2.45) is 0 Å². The summed E-state index contributed by atoms with van der Waals surface area (Å²) in [7, 11) is 0. The first kappa shape index (κ1) is 12.2. The number of rotatable bonds is 2. The number of hydrogen-bond acceptors (Lipinski definition) is 2. The van der Waals surface area contributed by atoms with Gasteiger partial charge in [0.1, 0.15) is 5.82 Å². The molecule has 0 bridgehead atoms. The topological polar surface area (TPSA) is 43.8 Å². The highest BCUT2D eigenvalue weighted by molar-refractivity contribution is 9.10. The van der Waals surface area contributed by atoms with Gasteiger partial charge in [0.05, 0.1) is 16.2 Å². The fourth-order valence-corrected chi connectivity index (χ4v) is 2.29. The standard InChI is InChI=1S/C13H16BrN3/c1-8-6-4-5-7-11(8)10(3)17-13(15)12(14)9(2)16-17/h4-7,10H,15H2,1-3H3. The predicted molar refractivity (Wildman–Crippen MR) is 74.1 cm³/mol. The van der Waals surface area contributed by atoms with Crippen LogP contribution in [-0.2, 0) is 0 Å². The lowest BCUT2D eigenvalue weighted by molar-refractivity contribution is 0.566. The van der Waals surface area contributed by atoms with Crippen molar-refractivity contribution in [3.05, 3.63) is 45.6 Å². The number of benzene rings is 1. The van der Waals surface area contributed by atoms with Crippen LogP contribution in [0.4, 0.5) is 5.82 Å². The molecule has 90 valence electrons. The maximum atomic E-state index is 6.05. The zero-order chi connectivity index (χ0) is 12.6. The van der Waals surface area contributed by atoms with Gasteiger partial charge in [-0.1, -0.05) is 24.3 Å². The lowest BCUT2D eigenvalue weighted by Crippen LogP contribution is -2.12. The van der Waals surface area contributed by atoms with E-state index >= 15 is 0 Å². The molecule has 4 heteroatoms. The maximum absolute atomic E-state index is 6.05. The average molecular weight is 294 g/mol. The van der Waals surface area contributed by atoms with Gasteiger partial charge in [-0.05, 0) is 47.8 Å². The van der Waals surface area contributed by atoms with Gasteiger partial charge in [-0.15, -0.1) is 0 Å². The average Bonchev–Trinajstić information content (AvgIpc) is 2.57. The summed E-state index contributed by atoms with van der Waals surface area (Å²) < 4.78 is 2.75. The summed E-state index contributed by atoms with van der Waals surface area (Å²) in [5.74, 6) is 0.679. The van der Waals surface area contributed by atoms with Gasteiger partial charge in [-0.2, -0.15) is 5.10 Å². The minimum Gasteiger partial charge on any atom is -0.383 e. The van der Waals surface area contributed by atoms with Gasteiger partial charge in [-0.25, -0.2) is 4.68 Å². The van der Waals surface area contributed by atoms with Gasteiger partial charge >= 0.3 is 0 Å². The van der Waals surface area contributed by atoms with Gasteiger partial charge in [-0.3, -0.25) is 0 Å². The van der Waals surface area contributed by atoms with E-state index in [9.17, 15) is 0 Å². The fraction of sp³-hybridized carbons (Fsp3) is 0.308. The molecule has 2 N–H and O–H groups in total. The molecule has 0 saturated heterocycles. The number of nitrogens with two attached hydrogens (primary N) is 1. The molecule has 0 amide bonds. The number of hydrogen-bond donors (Lipinski definition) is 1. The summed E-state index contributed by atoms with van der Waals surface area (Å²) in [4.78, 5) is 0. The molecule has 0 aliphatic heterocycles. The quantitative estimate of drug-likeness (QED) is 0.922. The van der Waals surface area contributed by atoms with Crippen molar-refractivity contribution in [3.8, 4) is 0 Å². The SMILES string of the molecule is Cc1ccccc1C(C)n1nc(C)c(Br)c1N. The molecule has 1 unspecified atom stereocenters. The largest absolute Gasteiger partial charge is 0.383 e. The van der Waals surface area contributed by atoms with E-state index in [1.807, 2.05) is 23.7 Å². The molecule has 1 heterocycles. The van der Waals surface area contributed by atoms with Gasteiger partial charge in [0.15, 0.2) is 0 Å². The fourth-order valence-electron chi connectivity index (χ4n) is 2.03. The van der Waals surface area contributed by atoms with E-state index < -0.39 is 0 Å². The van der Waals surface area contributed by atoms with Crippen LogP contribution in [0, 0.1) is 13.8 Å². The first-order valence-corrected chi connectivity index (χ1v) is 6.37. The second-order valence-corrected chi connectivity index (χ2v) is 5.05. The Kier molecular flexibility index (Phi) is 3.24. The number of anilines is 1. The maximum Gasteiger partial charge on any atom is 0.137 e. The second kappa shape index (κ2) is 4.53. The molecule has 1 atom stereocenters. The first-order valence-electron chi connectivity index (χ1n) is 5.58. The van der Waals surface area contributed by atoms with Crippen LogP contribution < -0.4 is 5.73 Å². The van der Waals surface area contributed by atoms with E-state index in [1.165, 1.54) is 11.1 Å². The molecule has 0 spiro atoms. The molecule has 0 saturated carbocycles. The highest BCUT2D eigenvalue weighted by atomic mass is 79.9. The molecule has 17 heavy (non-hydrogen) atoms. The van der Waals surface area contributed by atoms with E-state index in [-0.39, 0.29) is 6.04 Å². The van der Waals surface area contributed by atoms with Crippen LogP contribution in [0.3, 0.4) is 0 Å². The second-order valence-electron chi connectivity index (χ2n) is 4.26. The van der Waals surface area contributed by atoms with Crippen molar-refractivity contribution < 1.29 is 0 Å². The Morgan fingerprint density at radius 3 is 2.47 bits per heavy atom. The lowest BCUT2D eigenvalue weighted by atomic mass is 10.0. The van der Waals surface area contributed by atoms with Crippen LogP contribution >= 0.6 is 15.9 Å². The zero-order valence-corrected chi connectivity index (χ0v) is 11.8. The Morgan fingerprint density at radius 2 is 1.94 bits per heavy atom. The van der Waals surface area contributed by atoms with Crippen LogP contribution in [0.15, 0.2) is 28.7 Å². The van der Waals surface area contributed by atoms with Crippen molar-refractivity contribution in [2.75, 3.05) is 5.73 Å². The molecule has 0 aliphatic carbocycles. The third-order valence-electron chi connectivity index (χ3n) is 3.05. The van der Waals surface area contributed by atoms with Crippen LogP contribution in [0.1, 0.15) is 29.8 Å². The molecular formula is C13H16BrN3. The van der Waals surface area contributed by atoms with E-state index in [4.69, 9.17) is 5.73 Å². The predicted octanol–water partition coefficient (Wildman–Crippen LogP) is 3.45. The van der Waals surface area contributed by atoms with Crippen molar-refractivity contribution in [3.63, 3.8) is 0 Å². The summed E-state index contributed by atoms with van der Waals surface area (Å²) in [5.41, 5.74) is 9.46. The molecule has 0 fully saturated rings. The summed E-state index contributed by atoms with van der Waals surface area (Å²) in [6.45, 7) is 6.16. The zero-order valence-electron chi connectivity index (χ0n) is 10.2. The van der Waals surface area contributed by atoms with Gasteiger partial charge < -0.3 is 5.73 Å². The van der Waals surface area contributed by atoms with E-state index in [1.54, 1.807) is 0 Å². The summed E-state index contributed by atoms with van der Waals surface area (Å²) in [6.07, 6.45) is 0. The molecule has 2 aromatic rings. The Balaban J connectivity index is 2.48. The third kappa shape index (κ3) is 2.09. The molecule has 1 aromatic heterocycles. The third-order valence-corrected chi connectivity index (χ3v) is 4.03. The molecule has 1 aromatic carbocycles. The normalized spacial score (nSPS) is 12.7. The first-order chi connectivity index (χ1) is 8.02. The van der Waals surface area contributed by atoms with Crippen molar-refractivity contribution in [1.82, 2.24) is 9.78 Å².